The minimum absolute atomic E-state index is 0.305. The van der Waals surface area contributed by atoms with Crippen molar-refractivity contribution in [3.63, 3.8) is 0 Å². The molecule has 1 aromatic carbocycles. The van der Waals surface area contributed by atoms with Crippen LogP contribution in [0.5, 0.6) is 0 Å². The Kier molecular flexibility index (Phi) is 4.05. The van der Waals surface area contributed by atoms with Crippen LogP contribution in [0.1, 0.15) is 5.69 Å². The maximum atomic E-state index is 13.0. The number of hydrogen-bond donors (Lipinski definition) is 1. The molecule has 20 heavy (non-hydrogen) atoms. The molecule has 3 aromatic rings. The molecule has 0 fully saturated rings. The summed E-state index contributed by atoms with van der Waals surface area (Å²) in [7, 11) is 0. The highest BCUT2D eigenvalue weighted by atomic mass is 32.2. The zero-order valence-corrected chi connectivity index (χ0v) is 12.8. The molecule has 102 valence electrons. The van der Waals surface area contributed by atoms with E-state index in [1.54, 1.807) is 40.5 Å². The van der Waals surface area contributed by atoms with E-state index in [1.807, 2.05) is 5.38 Å². The molecule has 0 aliphatic heterocycles. The molecule has 0 amide bonds. The van der Waals surface area contributed by atoms with Crippen molar-refractivity contribution in [1.82, 2.24) is 4.98 Å². The van der Waals surface area contributed by atoms with Gasteiger partial charge in [0.05, 0.1) is 5.69 Å². The van der Waals surface area contributed by atoms with Crippen molar-refractivity contribution in [2.45, 2.75) is 10.6 Å². The second-order valence-corrected chi connectivity index (χ2v) is 6.78. The third-order valence-electron chi connectivity index (χ3n) is 2.67. The van der Waals surface area contributed by atoms with Gasteiger partial charge in [-0.25, -0.2) is 9.37 Å². The Morgan fingerprint density at radius 1 is 1.25 bits per heavy atom. The summed E-state index contributed by atoms with van der Waals surface area (Å²) in [4.78, 5) is 5.49. The molecule has 2 heterocycles. The number of halogens is 1. The average molecular weight is 322 g/mol. The molecular weight excluding hydrogens is 311 g/mol. The molecule has 0 atom stereocenters. The van der Waals surface area contributed by atoms with Crippen molar-refractivity contribution in [3.8, 4) is 10.6 Å². The van der Waals surface area contributed by atoms with Crippen molar-refractivity contribution in [2.75, 3.05) is 5.73 Å². The Bertz CT molecular complexity index is 707. The predicted molar refractivity (Wildman–Crippen MR) is 85.8 cm³/mol. The number of anilines is 1. The van der Waals surface area contributed by atoms with E-state index in [0.717, 1.165) is 26.9 Å². The second-order valence-electron chi connectivity index (χ2n) is 4.13. The second kappa shape index (κ2) is 5.95. The SMILES string of the molecule is Nc1cc(F)ccc1SCc1csc(-c2ccsc2)n1. The summed E-state index contributed by atoms with van der Waals surface area (Å²) in [6.07, 6.45) is 0. The van der Waals surface area contributed by atoms with E-state index in [9.17, 15) is 4.39 Å². The Morgan fingerprint density at radius 2 is 2.15 bits per heavy atom. The highest BCUT2D eigenvalue weighted by Crippen LogP contribution is 2.31. The van der Waals surface area contributed by atoms with Crippen molar-refractivity contribution < 1.29 is 4.39 Å². The summed E-state index contributed by atoms with van der Waals surface area (Å²) in [5, 5.41) is 7.23. The summed E-state index contributed by atoms with van der Waals surface area (Å²) in [5.74, 6) is 0.427. The van der Waals surface area contributed by atoms with Crippen LogP contribution in [-0.2, 0) is 5.75 Å². The number of nitrogens with two attached hydrogens (primary N) is 1. The lowest BCUT2D eigenvalue weighted by molar-refractivity contribution is 0.627. The molecule has 2 nitrogen and oxygen atoms in total. The van der Waals surface area contributed by atoms with Gasteiger partial charge in [0.25, 0.3) is 0 Å². The number of nitrogen functional groups attached to an aromatic ring is 1. The van der Waals surface area contributed by atoms with Crippen LogP contribution in [0.2, 0.25) is 0 Å². The molecule has 0 saturated heterocycles. The molecule has 0 bridgehead atoms. The van der Waals surface area contributed by atoms with E-state index in [4.69, 9.17) is 5.73 Å². The van der Waals surface area contributed by atoms with E-state index in [1.165, 1.54) is 12.1 Å². The standard InChI is InChI=1S/C14H11FN2S3/c15-10-1-2-13(12(16)5-10)19-7-11-8-20-14(17-11)9-3-4-18-6-9/h1-6,8H,7,16H2. The van der Waals surface area contributed by atoms with Gasteiger partial charge in [-0.2, -0.15) is 11.3 Å². The molecule has 0 radical (unpaired) electrons. The first kappa shape index (κ1) is 13.6. The van der Waals surface area contributed by atoms with Crippen LogP contribution in [0.25, 0.3) is 10.6 Å². The van der Waals surface area contributed by atoms with Crippen molar-refractivity contribution in [3.05, 3.63) is 51.9 Å². The van der Waals surface area contributed by atoms with Gasteiger partial charge in [0.2, 0.25) is 0 Å². The molecule has 0 saturated carbocycles. The quantitative estimate of drug-likeness (QED) is 0.549. The van der Waals surface area contributed by atoms with E-state index >= 15 is 0 Å². The van der Waals surface area contributed by atoms with Gasteiger partial charge in [0, 0.05) is 32.7 Å². The van der Waals surface area contributed by atoms with Gasteiger partial charge >= 0.3 is 0 Å². The van der Waals surface area contributed by atoms with Crippen LogP contribution in [-0.4, -0.2) is 4.98 Å². The fourth-order valence-corrected chi connectivity index (χ4v) is 4.17. The van der Waals surface area contributed by atoms with Crippen molar-refractivity contribution >= 4 is 40.1 Å². The van der Waals surface area contributed by atoms with Crippen molar-refractivity contribution in [1.29, 1.82) is 0 Å². The number of thioether (sulfide) groups is 1. The third-order valence-corrected chi connectivity index (χ3v) is 5.41. The van der Waals surface area contributed by atoms with E-state index in [-0.39, 0.29) is 5.82 Å². The molecule has 0 spiro atoms. The highest BCUT2D eigenvalue weighted by molar-refractivity contribution is 7.98. The zero-order valence-electron chi connectivity index (χ0n) is 10.4. The molecule has 6 heteroatoms. The Labute approximate surface area is 128 Å². The number of benzene rings is 1. The maximum absolute atomic E-state index is 13.0. The molecule has 2 N–H and O–H groups in total. The molecule has 0 aliphatic rings. The summed E-state index contributed by atoms with van der Waals surface area (Å²) < 4.78 is 13.0. The van der Waals surface area contributed by atoms with Gasteiger partial charge in [-0.1, -0.05) is 0 Å². The van der Waals surface area contributed by atoms with Gasteiger partial charge in [-0.05, 0) is 29.6 Å². The minimum Gasteiger partial charge on any atom is -0.398 e. The first-order valence-electron chi connectivity index (χ1n) is 5.87. The molecule has 2 aromatic heterocycles. The Balaban J connectivity index is 1.70. The lowest BCUT2D eigenvalue weighted by Gasteiger charge is -2.03. The van der Waals surface area contributed by atoms with Crippen molar-refractivity contribution in [2.24, 2.45) is 0 Å². The van der Waals surface area contributed by atoms with Crippen LogP contribution in [0.3, 0.4) is 0 Å². The van der Waals surface area contributed by atoms with Crippen LogP contribution in [0.15, 0.2) is 45.3 Å². The number of thiazole rings is 1. The topological polar surface area (TPSA) is 38.9 Å². The molecule has 0 unspecified atom stereocenters. The monoisotopic (exact) mass is 322 g/mol. The fraction of sp³-hybridized carbons (Fsp3) is 0.0714. The lowest BCUT2D eigenvalue weighted by atomic mass is 10.3. The third kappa shape index (κ3) is 3.03. The van der Waals surface area contributed by atoms with E-state index in [2.05, 4.69) is 21.8 Å². The van der Waals surface area contributed by atoms with Crippen LogP contribution >= 0.6 is 34.4 Å². The van der Waals surface area contributed by atoms with Crippen LogP contribution < -0.4 is 5.73 Å². The highest BCUT2D eigenvalue weighted by Gasteiger charge is 2.07. The van der Waals surface area contributed by atoms with Gasteiger partial charge in [0.15, 0.2) is 0 Å². The summed E-state index contributed by atoms with van der Waals surface area (Å²) >= 11 is 4.88. The van der Waals surface area contributed by atoms with Gasteiger partial charge in [-0.15, -0.1) is 23.1 Å². The zero-order chi connectivity index (χ0) is 13.9. The molecular formula is C14H11FN2S3. The van der Waals surface area contributed by atoms with Gasteiger partial charge in [-0.3, -0.25) is 0 Å². The van der Waals surface area contributed by atoms with Gasteiger partial charge < -0.3 is 5.73 Å². The number of nitrogens with zero attached hydrogens (tertiary/aromatic N) is 1. The van der Waals surface area contributed by atoms with Crippen LogP contribution in [0, 0.1) is 5.82 Å². The number of rotatable bonds is 4. The average Bonchev–Trinajstić information content (AvgIpc) is 3.08. The van der Waals surface area contributed by atoms with E-state index < -0.39 is 0 Å². The van der Waals surface area contributed by atoms with E-state index in [0.29, 0.717) is 5.69 Å². The fourth-order valence-electron chi connectivity index (χ4n) is 1.69. The lowest BCUT2D eigenvalue weighted by Crippen LogP contribution is -1.90. The first-order chi connectivity index (χ1) is 9.72. The number of aromatic nitrogens is 1. The number of hydrogen-bond acceptors (Lipinski definition) is 5. The Hall–Kier alpha value is -1.37. The minimum atomic E-state index is -0.305. The molecule has 0 aliphatic carbocycles. The summed E-state index contributed by atoms with van der Waals surface area (Å²) in [5.41, 5.74) is 8.45. The summed E-state index contributed by atoms with van der Waals surface area (Å²) in [6.45, 7) is 0. The molecule has 3 rings (SSSR count). The van der Waals surface area contributed by atoms with Crippen LogP contribution in [0.4, 0.5) is 10.1 Å². The number of thiophene rings is 1. The normalized spacial score (nSPS) is 10.8. The summed E-state index contributed by atoms with van der Waals surface area (Å²) in [6, 6.07) is 6.55. The van der Waals surface area contributed by atoms with Gasteiger partial charge in [0.1, 0.15) is 10.8 Å². The Morgan fingerprint density at radius 3 is 2.90 bits per heavy atom. The smallest absolute Gasteiger partial charge is 0.125 e. The maximum Gasteiger partial charge on any atom is 0.125 e. The largest absolute Gasteiger partial charge is 0.398 e. The first-order valence-corrected chi connectivity index (χ1v) is 8.68. The predicted octanol–water partition coefficient (Wildman–Crippen LogP) is 4.89.